The quantitative estimate of drug-likeness (QED) is 0.870. The summed E-state index contributed by atoms with van der Waals surface area (Å²) in [6.07, 6.45) is 0.186. The fourth-order valence-corrected chi connectivity index (χ4v) is 2.21. The topological polar surface area (TPSA) is 38.3 Å². The summed E-state index contributed by atoms with van der Waals surface area (Å²) in [5, 5.41) is 5.31. The standard InChI is InChI=1S/C19H25NO2/c1-5-18(19(21)20-14(4)13(2)3)22-17-11-10-15-8-6-7-9-16(15)12-17/h6-14,18H,5H2,1-4H3,(H,20,21)/t14-,18+/m0/s1. The van der Waals surface area contributed by atoms with Crippen LogP contribution in [0.15, 0.2) is 42.5 Å². The molecule has 0 unspecified atom stereocenters. The molecule has 0 aliphatic heterocycles. The number of benzene rings is 2. The number of rotatable bonds is 6. The summed E-state index contributed by atoms with van der Waals surface area (Å²) in [5.41, 5.74) is 0. The minimum atomic E-state index is -0.456. The van der Waals surface area contributed by atoms with Gasteiger partial charge in [0.2, 0.25) is 0 Å². The Balaban J connectivity index is 2.09. The van der Waals surface area contributed by atoms with Crippen LogP contribution in [0.5, 0.6) is 5.75 Å². The Bertz CT molecular complexity index is 636. The lowest BCUT2D eigenvalue weighted by atomic mass is 10.1. The summed E-state index contributed by atoms with van der Waals surface area (Å²) < 4.78 is 5.90. The van der Waals surface area contributed by atoms with Crippen LogP contribution in [-0.4, -0.2) is 18.1 Å². The van der Waals surface area contributed by atoms with Crippen molar-refractivity contribution >= 4 is 16.7 Å². The van der Waals surface area contributed by atoms with Crippen molar-refractivity contribution in [2.45, 2.75) is 46.3 Å². The second-order valence-corrected chi connectivity index (χ2v) is 6.06. The van der Waals surface area contributed by atoms with E-state index in [1.165, 1.54) is 5.39 Å². The molecule has 0 radical (unpaired) electrons. The molecule has 2 rings (SSSR count). The minimum Gasteiger partial charge on any atom is -0.481 e. The molecule has 1 N–H and O–H groups in total. The van der Waals surface area contributed by atoms with Crippen LogP contribution in [0.1, 0.15) is 34.1 Å². The number of hydrogen-bond donors (Lipinski definition) is 1. The average molecular weight is 299 g/mol. The second-order valence-electron chi connectivity index (χ2n) is 6.06. The zero-order valence-corrected chi connectivity index (χ0v) is 13.8. The summed E-state index contributed by atoms with van der Waals surface area (Å²) in [5.74, 6) is 1.09. The Morgan fingerprint density at radius 1 is 1.09 bits per heavy atom. The number of ether oxygens (including phenoxy) is 1. The maximum Gasteiger partial charge on any atom is 0.261 e. The third-order valence-electron chi connectivity index (χ3n) is 4.03. The highest BCUT2D eigenvalue weighted by atomic mass is 16.5. The molecule has 2 atom stereocenters. The van der Waals surface area contributed by atoms with E-state index in [-0.39, 0.29) is 11.9 Å². The van der Waals surface area contributed by atoms with Crippen LogP contribution in [0.4, 0.5) is 0 Å². The molecule has 2 aromatic carbocycles. The van der Waals surface area contributed by atoms with Crippen molar-refractivity contribution in [3.63, 3.8) is 0 Å². The van der Waals surface area contributed by atoms with Gasteiger partial charge in [-0.05, 0) is 42.2 Å². The SMILES string of the molecule is CC[C@@H](Oc1ccc2ccccc2c1)C(=O)N[C@@H](C)C(C)C. The number of hydrogen-bond acceptors (Lipinski definition) is 2. The van der Waals surface area contributed by atoms with Crippen molar-refractivity contribution in [3.05, 3.63) is 42.5 Å². The van der Waals surface area contributed by atoms with E-state index in [2.05, 4.69) is 25.2 Å². The van der Waals surface area contributed by atoms with Crippen molar-refractivity contribution in [3.8, 4) is 5.75 Å². The van der Waals surface area contributed by atoms with Gasteiger partial charge in [-0.1, -0.05) is 51.1 Å². The zero-order chi connectivity index (χ0) is 16.1. The van der Waals surface area contributed by atoms with Gasteiger partial charge in [0.05, 0.1) is 0 Å². The normalized spacial score (nSPS) is 13.9. The first kappa shape index (κ1) is 16.3. The highest BCUT2D eigenvalue weighted by Gasteiger charge is 2.21. The molecule has 0 saturated heterocycles. The number of fused-ring (bicyclic) bond motifs is 1. The predicted molar refractivity (Wildman–Crippen MR) is 91.1 cm³/mol. The van der Waals surface area contributed by atoms with E-state index in [1.54, 1.807) is 0 Å². The van der Waals surface area contributed by atoms with Crippen LogP contribution in [0.25, 0.3) is 10.8 Å². The number of carbonyl (C=O) groups is 1. The van der Waals surface area contributed by atoms with E-state index in [1.807, 2.05) is 50.2 Å². The van der Waals surface area contributed by atoms with E-state index in [4.69, 9.17) is 4.74 Å². The molecule has 0 saturated carbocycles. The van der Waals surface area contributed by atoms with Crippen molar-refractivity contribution in [1.29, 1.82) is 0 Å². The summed E-state index contributed by atoms with van der Waals surface area (Å²) in [4.78, 5) is 12.3. The minimum absolute atomic E-state index is 0.0446. The van der Waals surface area contributed by atoms with Gasteiger partial charge >= 0.3 is 0 Å². The van der Waals surface area contributed by atoms with E-state index in [0.717, 1.165) is 11.1 Å². The van der Waals surface area contributed by atoms with Gasteiger partial charge in [-0.15, -0.1) is 0 Å². The smallest absolute Gasteiger partial charge is 0.261 e. The lowest BCUT2D eigenvalue weighted by Crippen LogP contribution is -2.44. The molecule has 0 aromatic heterocycles. The van der Waals surface area contributed by atoms with Crippen molar-refractivity contribution < 1.29 is 9.53 Å². The highest BCUT2D eigenvalue weighted by molar-refractivity contribution is 5.84. The van der Waals surface area contributed by atoms with Gasteiger partial charge in [-0.3, -0.25) is 4.79 Å². The molecule has 0 bridgehead atoms. The molecular formula is C19H25NO2. The van der Waals surface area contributed by atoms with Crippen LogP contribution < -0.4 is 10.1 Å². The molecule has 2 aromatic rings. The summed E-state index contributed by atoms with van der Waals surface area (Å²) in [7, 11) is 0. The molecule has 3 nitrogen and oxygen atoms in total. The Morgan fingerprint density at radius 2 is 1.77 bits per heavy atom. The lowest BCUT2D eigenvalue weighted by molar-refractivity contribution is -0.129. The highest BCUT2D eigenvalue weighted by Crippen LogP contribution is 2.22. The Hall–Kier alpha value is -2.03. The van der Waals surface area contributed by atoms with Gasteiger partial charge in [0.15, 0.2) is 6.10 Å². The maximum atomic E-state index is 12.3. The van der Waals surface area contributed by atoms with E-state index in [9.17, 15) is 4.79 Å². The first-order valence-corrected chi connectivity index (χ1v) is 7.97. The fourth-order valence-electron chi connectivity index (χ4n) is 2.21. The lowest BCUT2D eigenvalue weighted by Gasteiger charge is -2.22. The van der Waals surface area contributed by atoms with Gasteiger partial charge in [-0.25, -0.2) is 0 Å². The van der Waals surface area contributed by atoms with E-state index in [0.29, 0.717) is 12.3 Å². The summed E-state index contributed by atoms with van der Waals surface area (Å²) in [6.45, 7) is 8.17. The van der Waals surface area contributed by atoms with E-state index < -0.39 is 6.10 Å². The molecule has 0 spiro atoms. The summed E-state index contributed by atoms with van der Waals surface area (Å²) >= 11 is 0. The molecule has 3 heteroatoms. The van der Waals surface area contributed by atoms with Crippen LogP contribution in [0, 0.1) is 5.92 Å². The third kappa shape index (κ3) is 4.00. The van der Waals surface area contributed by atoms with Gasteiger partial charge in [0, 0.05) is 6.04 Å². The zero-order valence-electron chi connectivity index (χ0n) is 13.8. The van der Waals surface area contributed by atoms with Crippen molar-refractivity contribution in [2.24, 2.45) is 5.92 Å². The molecule has 0 aliphatic rings. The van der Waals surface area contributed by atoms with Gasteiger partial charge in [-0.2, -0.15) is 0 Å². The first-order chi connectivity index (χ1) is 10.5. The first-order valence-electron chi connectivity index (χ1n) is 7.97. The van der Waals surface area contributed by atoms with Gasteiger partial charge in [0.25, 0.3) is 5.91 Å². The Kier molecular flexibility index (Phi) is 5.42. The summed E-state index contributed by atoms with van der Waals surface area (Å²) in [6, 6.07) is 14.2. The number of nitrogens with one attached hydrogen (secondary N) is 1. The molecule has 0 aliphatic carbocycles. The number of carbonyl (C=O) groups excluding carboxylic acids is 1. The predicted octanol–water partition coefficient (Wildman–Crippen LogP) is 4.16. The third-order valence-corrected chi connectivity index (χ3v) is 4.03. The van der Waals surface area contributed by atoms with Gasteiger partial charge < -0.3 is 10.1 Å². The van der Waals surface area contributed by atoms with E-state index >= 15 is 0 Å². The van der Waals surface area contributed by atoms with Gasteiger partial charge in [0.1, 0.15) is 5.75 Å². The van der Waals surface area contributed by atoms with Crippen LogP contribution in [0.3, 0.4) is 0 Å². The van der Waals surface area contributed by atoms with Crippen LogP contribution in [0.2, 0.25) is 0 Å². The van der Waals surface area contributed by atoms with Crippen molar-refractivity contribution in [2.75, 3.05) is 0 Å². The molecular weight excluding hydrogens is 274 g/mol. The monoisotopic (exact) mass is 299 g/mol. The molecule has 0 fully saturated rings. The fraction of sp³-hybridized carbons (Fsp3) is 0.421. The second kappa shape index (κ2) is 7.30. The Morgan fingerprint density at radius 3 is 2.41 bits per heavy atom. The molecule has 1 amide bonds. The van der Waals surface area contributed by atoms with Crippen LogP contribution >= 0.6 is 0 Å². The number of amides is 1. The average Bonchev–Trinajstić information content (AvgIpc) is 2.52. The largest absolute Gasteiger partial charge is 0.481 e. The molecule has 0 heterocycles. The Labute approximate surface area is 132 Å². The van der Waals surface area contributed by atoms with Crippen molar-refractivity contribution in [1.82, 2.24) is 5.32 Å². The molecule has 118 valence electrons. The maximum absolute atomic E-state index is 12.3. The molecule has 22 heavy (non-hydrogen) atoms. The van der Waals surface area contributed by atoms with Crippen LogP contribution in [-0.2, 0) is 4.79 Å².